The van der Waals surface area contributed by atoms with Gasteiger partial charge in [-0.3, -0.25) is 0 Å². The van der Waals surface area contributed by atoms with Crippen LogP contribution in [0, 0.1) is 18.6 Å². The van der Waals surface area contributed by atoms with Crippen molar-refractivity contribution in [2.75, 3.05) is 0 Å². The molecule has 1 aromatic heterocycles. The van der Waals surface area contributed by atoms with Gasteiger partial charge in [0.15, 0.2) is 0 Å². The van der Waals surface area contributed by atoms with E-state index in [0.29, 0.717) is 11.1 Å². The summed E-state index contributed by atoms with van der Waals surface area (Å²) >= 11 is 1.04. The van der Waals surface area contributed by atoms with Gasteiger partial charge in [0.05, 0.1) is 15.2 Å². The lowest BCUT2D eigenvalue weighted by Crippen LogP contribution is -2.33. The zero-order chi connectivity index (χ0) is 11.2. The normalized spacial score (nSPS) is 11.0. The number of aryl methyl sites for hydroxylation is 1. The Morgan fingerprint density at radius 1 is 1.33 bits per heavy atom. The largest absolute Gasteiger partial charge is 0.493 e. The van der Waals surface area contributed by atoms with Crippen molar-refractivity contribution in [3.63, 3.8) is 0 Å². The van der Waals surface area contributed by atoms with Gasteiger partial charge in [0, 0.05) is 11.5 Å². The number of hydrogen-bond donors (Lipinski definition) is 2. The van der Waals surface area contributed by atoms with Gasteiger partial charge in [-0.05, 0) is 6.92 Å². The zero-order valence-electron chi connectivity index (χ0n) is 7.66. The lowest BCUT2D eigenvalue weighted by Gasteiger charge is -2.02. The quantitative estimate of drug-likeness (QED) is 0.702. The molecule has 7 heteroatoms. The molecule has 0 spiro atoms. The van der Waals surface area contributed by atoms with E-state index in [1.807, 2.05) is 0 Å². The van der Waals surface area contributed by atoms with Gasteiger partial charge in [-0.25, -0.2) is 13.8 Å². The van der Waals surface area contributed by atoms with Gasteiger partial charge in [-0.15, -0.1) is 11.3 Å². The Hall–Kier alpha value is -1.05. The summed E-state index contributed by atoms with van der Waals surface area (Å²) in [5.41, 5.74) is -0.402. The Balaban J connectivity index is 2.89. The predicted octanol–water partition coefficient (Wildman–Crippen LogP) is 0.563. The van der Waals surface area contributed by atoms with E-state index < -0.39 is 18.8 Å². The molecule has 2 rings (SSSR count). The van der Waals surface area contributed by atoms with Crippen LogP contribution in [0.15, 0.2) is 6.07 Å². The van der Waals surface area contributed by atoms with Gasteiger partial charge in [0.1, 0.15) is 11.6 Å². The number of aromatic nitrogens is 1. The van der Waals surface area contributed by atoms with E-state index in [2.05, 4.69) is 4.98 Å². The van der Waals surface area contributed by atoms with Crippen LogP contribution in [0.3, 0.4) is 0 Å². The highest BCUT2D eigenvalue weighted by atomic mass is 32.1. The van der Waals surface area contributed by atoms with Crippen molar-refractivity contribution in [1.82, 2.24) is 4.98 Å². The van der Waals surface area contributed by atoms with E-state index >= 15 is 0 Å². The van der Waals surface area contributed by atoms with Crippen LogP contribution in [0.1, 0.15) is 5.01 Å². The second-order valence-corrected chi connectivity index (χ2v) is 4.24. The SMILES string of the molecule is Cc1nc2c(B(O)O)c(F)cc(F)c2s1. The van der Waals surface area contributed by atoms with Crippen molar-refractivity contribution in [2.24, 2.45) is 0 Å². The van der Waals surface area contributed by atoms with Gasteiger partial charge < -0.3 is 10.0 Å². The molecular weight excluding hydrogens is 223 g/mol. The molecule has 2 N–H and O–H groups in total. The molecule has 2 aromatic rings. The lowest BCUT2D eigenvalue weighted by molar-refractivity contribution is 0.423. The van der Waals surface area contributed by atoms with E-state index in [9.17, 15) is 8.78 Å². The van der Waals surface area contributed by atoms with Gasteiger partial charge in [0.25, 0.3) is 0 Å². The molecule has 0 fully saturated rings. The molecule has 0 aliphatic rings. The van der Waals surface area contributed by atoms with E-state index in [1.165, 1.54) is 0 Å². The van der Waals surface area contributed by atoms with Gasteiger partial charge in [-0.1, -0.05) is 0 Å². The summed E-state index contributed by atoms with van der Waals surface area (Å²) in [6, 6.07) is 0.634. The zero-order valence-corrected chi connectivity index (χ0v) is 8.48. The second kappa shape index (κ2) is 3.51. The maximum Gasteiger partial charge on any atom is 0.493 e. The molecule has 1 heterocycles. The highest BCUT2D eigenvalue weighted by Gasteiger charge is 2.24. The molecule has 0 amide bonds. The first-order valence-electron chi connectivity index (χ1n) is 4.12. The number of halogens is 2. The van der Waals surface area contributed by atoms with Crippen molar-refractivity contribution in [1.29, 1.82) is 0 Å². The highest BCUT2D eigenvalue weighted by Crippen LogP contribution is 2.24. The third-order valence-electron chi connectivity index (χ3n) is 1.98. The molecular formula is C8H6BF2NO2S. The monoisotopic (exact) mass is 229 g/mol. The number of rotatable bonds is 1. The average Bonchev–Trinajstić information content (AvgIpc) is 2.45. The topological polar surface area (TPSA) is 53.4 Å². The first kappa shape index (κ1) is 10.5. The molecule has 1 aromatic carbocycles. The number of benzene rings is 1. The van der Waals surface area contributed by atoms with Crippen molar-refractivity contribution in [3.05, 3.63) is 22.7 Å². The van der Waals surface area contributed by atoms with Gasteiger partial charge >= 0.3 is 7.12 Å². The maximum atomic E-state index is 13.3. The maximum absolute atomic E-state index is 13.3. The Morgan fingerprint density at radius 2 is 2.00 bits per heavy atom. The van der Waals surface area contributed by atoms with Crippen molar-refractivity contribution in [2.45, 2.75) is 6.92 Å². The first-order valence-corrected chi connectivity index (χ1v) is 4.93. The summed E-state index contributed by atoms with van der Waals surface area (Å²) in [7, 11) is -1.99. The number of nitrogens with zero attached hydrogens (tertiary/aromatic N) is 1. The molecule has 0 aliphatic carbocycles. The lowest BCUT2D eigenvalue weighted by atomic mass is 9.79. The third kappa shape index (κ3) is 1.62. The Labute approximate surface area is 88.2 Å². The summed E-state index contributed by atoms with van der Waals surface area (Å²) in [4.78, 5) is 3.87. The fourth-order valence-electron chi connectivity index (χ4n) is 1.38. The standard InChI is InChI=1S/C8H6BF2NO2S/c1-3-12-7-6(9(13)14)4(10)2-5(11)8(7)15-3/h2,13-14H,1H3. The molecule has 0 radical (unpaired) electrons. The van der Waals surface area contributed by atoms with Crippen LogP contribution in [0.2, 0.25) is 0 Å². The highest BCUT2D eigenvalue weighted by molar-refractivity contribution is 7.18. The van der Waals surface area contributed by atoms with Crippen LogP contribution in [-0.4, -0.2) is 22.2 Å². The molecule has 0 unspecified atom stereocenters. The van der Waals surface area contributed by atoms with Crippen LogP contribution < -0.4 is 5.46 Å². The minimum absolute atomic E-state index is 0.0231. The van der Waals surface area contributed by atoms with Crippen LogP contribution in [-0.2, 0) is 0 Å². The minimum atomic E-state index is -1.99. The van der Waals surface area contributed by atoms with Gasteiger partial charge in [-0.2, -0.15) is 0 Å². The fraction of sp³-hybridized carbons (Fsp3) is 0.125. The minimum Gasteiger partial charge on any atom is -0.423 e. The second-order valence-electron chi connectivity index (χ2n) is 3.04. The molecule has 0 saturated carbocycles. The Kier molecular flexibility index (Phi) is 2.45. The summed E-state index contributed by atoms with van der Waals surface area (Å²) < 4.78 is 26.7. The van der Waals surface area contributed by atoms with E-state index in [1.54, 1.807) is 6.92 Å². The Morgan fingerprint density at radius 3 is 2.60 bits per heavy atom. The molecule has 0 aliphatic heterocycles. The first-order chi connectivity index (χ1) is 7.00. The summed E-state index contributed by atoms with van der Waals surface area (Å²) in [5.74, 6) is -1.74. The van der Waals surface area contributed by atoms with Crippen molar-refractivity contribution >= 4 is 34.1 Å². The van der Waals surface area contributed by atoms with Crippen LogP contribution in [0.5, 0.6) is 0 Å². The van der Waals surface area contributed by atoms with E-state index in [-0.39, 0.29) is 15.7 Å². The summed E-state index contributed by atoms with van der Waals surface area (Å²) in [6.45, 7) is 1.63. The Bertz CT molecular complexity index is 529. The molecule has 0 saturated heterocycles. The third-order valence-corrected chi connectivity index (χ3v) is 2.95. The van der Waals surface area contributed by atoms with Crippen LogP contribution in [0.4, 0.5) is 8.78 Å². The fourth-order valence-corrected chi connectivity index (χ4v) is 2.23. The molecule has 78 valence electrons. The summed E-state index contributed by atoms with van der Waals surface area (Å²) in [5, 5.41) is 18.5. The summed E-state index contributed by atoms with van der Waals surface area (Å²) in [6.07, 6.45) is 0. The van der Waals surface area contributed by atoms with Crippen LogP contribution in [0.25, 0.3) is 10.2 Å². The van der Waals surface area contributed by atoms with Crippen LogP contribution >= 0.6 is 11.3 Å². The van der Waals surface area contributed by atoms with Crippen molar-refractivity contribution < 1.29 is 18.8 Å². The molecule has 0 atom stereocenters. The average molecular weight is 229 g/mol. The predicted molar refractivity (Wildman–Crippen MR) is 54.1 cm³/mol. The van der Waals surface area contributed by atoms with E-state index in [0.717, 1.165) is 11.3 Å². The molecule has 3 nitrogen and oxygen atoms in total. The van der Waals surface area contributed by atoms with E-state index in [4.69, 9.17) is 10.0 Å². The smallest absolute Gasteiger partial charge is 0.423 e. The number of fused-ring (bicyclic) bond motifs is 1. The number of thiazole rings is 1. The van der Waals surface area contributed by atoms with Gasteiger partial charge in [0.2, 0.25) is 0 Å². The molecule has 15 heavy (non-hydrogen) atoms. The molecule has 0 bridgehead atoms. The van der Waals surface area contributed by atoms with Crippen molar-refractivity contribution in [3.8, 4) is 0 Å². The number of hydrogen-bond acceptors (Lipinski definition) is 4.